The number of aliphatic hydroxyl groups is 1. The lowest BCUT2D eigenvalue weighted by Gasteiger charge is -2.07. The van der Waals surface area contributed by atoms with Gasteiger partial charge in [0.05, 0.1) is 10.9 Å². The van der Waals surface area contributed by atoms with Gasteiger partial charge in [0.15, 0.2) is 5.43 Å². The van der Waals surface area contributed by atoms with Crippen molar-refractivity contribution in [1.82, 2.24) is 0 Å². The minimum atomic E-state index is 0.0211. The predicted molar refractivity (Wildman–Crippen MR) is 94.8 cm³/mol. The molecule has 3 rings (SSSR count). The Morgan fingerprint density at radius 3 is 2.35 bits per heavy atom. The molecule has 3 nitrogen and oxygen atoms in total. The van der Waals surface area contributed by atoms with Crippen molar-refractivity contribution >= 4 is 11.0 Å². The van der Waals surface area contributed by atoms with Crippen LogP contribution in [0.15, 0.2) is 64.0 Å². The zero-order valence-electron chi connectivity index (χ0n) is 13.7. The van der Waals surface area contributed by atoms with Crippen molar-refractivity contribution in [2.45, 2.75) is 26.7 Å². The molecule has 0 amide bonds. The summed E-state index contributed by atoms with van der Waals surface area (Å²) in [5.74, 6) is 0.415. The van der Waals surface area contributed by atoms with Gasteiger partial charge >= 0.3 is 0 Å². The normalized spacial score (nSPS) is 10.5. The molecule has 120 valence electrons. The Bertz CT molecular complexity index is 817. The molecule has 0 saturated heterocycles. The van der Waals surface area contributed by atoms with E-state index in [0.29, 0.717) is 22.5 Å². The summed E-state index contributed by atoms with van der Waals surface area (Å²) in [7, 11) is 0. The molecular formula is C20H22O3. The van der Waals surface area contributed by atoms with Gasteiger partial charge in [0.2, 0.25) is 0 Å². The van der Waals surface area contributed by atoms with Crippen LogP contribution in [0, 0.1) is 0 Å². The molecule has 1 aromatic heterocycles. The number of rotatable bonds is 2. The zero-order chi connectivity index (χ0) is 16.8. The van der Waals surface area contributed by atoms with Crippen molar-refractivity contribution in [2.24, 2.45) is 0 Å². The van der Waals surface area contributed by atoms with Crippen LogP contribution >= 0.6 is 0 Å². The van der Waals surface area contributed by atoms with Crippen LogP contribution < -0.4 is 5.43 Å². The lowest BCUT2D eigenvalue weighted by atomic mass is 10.0. The first kappa shape index (κ1) is 17.0. The molecule has 0 aliphatic rings. The summed E-state index contributed by atoms with van der Waals surface area (Å²) in [5.41, 5.74) is 3.34. The maximum absolute atomic E-state index is 12.6. The first-order valence-electron chi connectivity index (χ1n) is 7.80. The summed E-state index contributed by atoms with van der Waals surface area (Å²) >= 11 is 0. The molecule has 3 heteroatoms. The fraction of sp³-hybridized carbons (Fsp3) is 0.250. The Balaban J connectivity index is 0.000000595. The van der Waals surface area contributed by atoms with Crippen molar-refractivity contribution < 1.29 is 9.52 Å². The smallest absolute Gasteiger partial charge is 0.200 e. The molecule has 0 fully saturated rings. The summed E-state index contributed by atoms with van der Waals surface area (Å²) in [6.45, 7) is 6.18. The summed E-state index contributed by atoms with van der Waals surface area (Å²) in [5, 5.41) is 8.20. The lowest BCUT2D eigenvalue weighted by Crippen LogP contribution is -2.05. The lowest BCUT2D eigenvalue weighted by molar-refractivity contribution is 0.318. The molecule has 0 saturated carbocycles. The molecule has 1 N–H and O–H groups in total. The van der Waals surface area contributed by atoms with Gasteiger partial charge in [0.25, 0.3) is 0 Å². The van der Waals surface area contributed by atoms with E-state index in [1.54, 1.807) is 13.2 Å². The van der Waals surface area contributed by atoms with Crippen molar-refractivity contribution in [3.8, 4) is 11.1 Å². The van der Waals surface area contributed by atoms with Crippen LogP contribution in [0.4, 0.5) is 0 Å². The quantitative estimate of drug-likeness (QED) is 0.753. The monoisotopic (exact) mass is 310 g/mol. The van der Waals surface area contributed by atoms with Crippen LogP contribution in [-0.2, 0) is 0 Å². The number of hydrogen-bond acceptors (Lipinski definition) is 3. The fourth-order valence-electron chi connectivity index (χ4n) is 2.32. The van der Waals surface area contributed by atoms with Gasteiger partial charge in [-0.1, -0.05) is 50.2 Å². The van der Waals surface area contributed by atoms with E-state index in [4.69, 9.17) is 9.52 Å². The molecule has 0 spiro atoms. The Morgan fingerprint density at radius 1 is 1.09 bits per heavy atom. The molecule has 0 radical (unpaired) electrons. The number of aliphatic hydroxyl groups excluding tert-OH is 1. The first-order chi connectivity index (χ1) is 11.1. The molecule has 2 aromatic carbocycles. The van der Waals surface area contributed by atoms with Crippen molar-refractivity contribution in [3.63, 3.8) is 0 Å². The van der Waals surface area contributed by atoms with Crippen LogP contribution in [0.3, 0.4) is 0 Å². The second-order valence-corrected chi connectivity index (χ2v) is 5.57. The van der Waals surface area contributed by atoms with Gasteiger partial charge in [-0.3, -0.25) is 4.79 Å². The van der Waals surface area contributed by atoms with E-state index in [0.717, 1.165) is 5.56 Å². The fourth-order valence-corrected chi connectivity index (χ4v) is 2.32. The van der Waals surface area contributed by atoms with Gasteiger partial charge in [-0.2, -0.15) is 0 Å². The summed E-state index contributed by atoms with van der Waals surface area (Å²) in [6.07, 6.45) is 1.56. The molecule has 0 unspecified atom stereocenters. The zero-order valence-corrected chi connectivity index (χ0v) is 13.7. The molecule has 1 heterocycles. The Hall–Kier alpha value is -2.39. The topological polar surface area (TPSA) is 50.4 Å². The van der Waals surface area contributed by atoms with E-state index in [1.165, 1.54) is 5.56 Å². The average Bonchev–Trinajstić information content (AvgIpc) is 2.56. The van der Waals surface area contributed by atoms with E-state index in [1.807, 2.05) is 48.5 Å². The third kappa shape index (κ3) is 3.88. The maximum atomic E-state index is 12.6. The highest BCUT2D eigenvalue weighted by Crippen LogP contribution is 2.23. The third-order valence-electron chi connectivity index (χ3n) is 3.55. The van der Waals surface area contributed by atoms with Crippen LogP contribution in [0.5, 0.6) is 0 Å². The summed E-state index contributed by atoms with van der Waals surface area (Å²) in [6, 6.07) is 15.4. The van der Waals surface area contributed by atoms with Crippen LogP contribution in [-0.4, -0.2) is 11.7 Å². The molecular weight excluding hydrogens is 288 g/mol. The van der Waals surface area contributed by atoms with Gasteiger partial charge in [0, 0.05) is 6.61 Å². The average molecular weight is 310 g/mol. The predicted octanol–water partition coefficient (Wildman–Crippen LogP) is 4.58. The van der Waals surface area contributed by atoms with E-state index in [-0.39, 0.29) is 12.0 Å². The van der Waals surface area contributed by atoms with Gasteiger partial charge in [0.1, 0.15) is 11.8 Å². The second-order valence-electron chi connectivity index (χ2n) is 5.57. The van der Waals surface area contributed by atoms with Crippen LogP contribution in [0.2, 0.25) is 0 Å². The molecule has 0 atom stereocenters. The van der Waals surface area contributed by atoms with Crippen molar-refractivity contribution in [1.29, 1.82) is 0 Å². The largest absolute Gasteiger partial charge is 0.463 e. The van der Waals surface area contributed by atoms with Crippen LogP contribution in [0.25, 0.3) is 22.1 Å². The van der Waals surface area contributed by atoms with Crippen molar-refractivity contribution in [3.05, 3.63) is 70.6 Å². The first-order valence-corrected chi connectivity index (χ1v) is 7.80. The van der Waals surface area contributed by atoms with Crippen LogP contribution in [0.1, 0.15) is 32.3 Å². The Morgan fingerprint density at radius 2 is 1.74 bits per heavy atom. The minimum Gasteiger partial charge on any atom is -0.463 e. The van der Waals surface area contributed by atoms with Gasteiger partial charge in [-0.25, -0.2) is 0 Å². The van der Waals surface area contributed by atoms with Gasteiger partial charge in [-0.05, 0) is 36.1 Å². The molecule has 3 aromatic rings. The molecule has 0 aliphatic carbocycles. The summed E-state index contributed by atoms with van der Waals surface area (Å²) in [4.78, 5) is 12.6. The highest BCUT2D eigenvalue weighted by molar-refractivity contribution is 5.82. The highest BCUT2D eigenvalue weighted by atomic mass is 16.3. The second kappa shape index (κ2) is 7.75. The highest BCUT2D eigenvalue weighted by Gasteiger charge is 2.10. The van der Waals surface area contributed by atoms with Gasteiger partial charge in [-0.15, -0.1) is 0 Å². The Kier molecular flexibility index (Phi) is 5.72. The van der Waals surface area contributed by atoms with E-state index in [9.17, 15) is 4.79 Å². The van der Waals surface area contributed by atoms with Gasteiger partial charge < -0.3 is 9.52 Å². The van der Waals surface area contributed by atoms with E-state index >= 15 is 0 Å². The number of hydrogen-bond donors (Lipinski definition) is 1. The molecule has 0 bridgehead atoms. The number of benzene rings is 2. The Labute approximate surface area is 136 Å². The molecule has 0 aliphatic heterocycles. The number of fused-ring (bicyclic) bond motifs is 1. The standard InChI is InChI=1S/C18H16O2.C2H6O/c1-12(2)14-8-9-15-17(10-14)20-11-16(18(15)19)13-6-4-3-5-7-13;1-2-3/h3-12H,1-2H3;3H,2H2,1H3. The van der Waals surface area contributed by atoms with E-state index < -0.39 is 0 Å². The third-order valence-corrected chi connectivity index (χ3v) is 3.55. The van der Waals surface area contributed by atoms with E-state index in [2.05, 4.69) is 13.8 Å². The summed E-state index contributed by atoms with van der Waals surface area (Å²) < 4.78 is 5.67. The van der Waals surface area contributed by atoms with Crippen molar-refractivity contribution in [2.75, 3.05) is 6.61 Å². The SMILES string of the molecule is CC(C)c1ccc2c(=O)c(-c3ccccc3)coc2c1.CCO. The molecule has 23 heavy (non-hydrogen) atoms. The maximum Gasteiger partial charge on any atom is 0.200 e. The minimum absolute atomic E-state index is 0.0211.